The number of esters is 1. The van der Waals surface area contributed by atoms with E-state index in [2.05, 4.69) is 11.8 Å². The van der Waals surface area contributed by atoms with Gasteiger partial charge in [-0.3, -0.25) is 4.90 Å². The van der Waals surface area contributed by atoms with Gasteiger partial charge in [-0.1, -0.05) is 13.0 Å². The summed E-state index contributed by atoms with van der Waals surface area (Å²) in [5.41, 5.74) is 0. The van der Waals surface area contributed by atoms with Gasteiger partial charge in [-0.15, -0.1) is 0 Å². The normalized spacial score (nSPS) is 23.2. The highest BCUT2D eigenvalue weighted by Gasteiger charge is 2.14. The van der Waals surface area contributed by atoms with Gasteiger partial charge in [-0.2, -0.15) is 0 Å². The molecule has 3 heteroatoms. The first-order valence-corrected chi connectivity index (χ1v) is 5.78. The first-order valence-electron chi connectivity index (χ1n) is 5.78. The molecule has 1 unspecified atom stereocenters. The molecular weight excluding hydrogens is 190 g/mol. The molecule has 1 heterocycles. The van der Waals surface area contributed by atoms with Crippen LogP contribution >= 0.6 is 0 Å². The summed E-state index contributed by atoms with van der Waals surface area (Å²) >= 11 is 0. The fourth-order valence-corrected chi connectivity index (χ4v) is 1.94. The van der Waals surface area contributed by atoms with Gasteiger partial charge in [0.15, 0.2) is 0 Å². The molecule has 0 aromatic carbocycles. The highest BCUT2D eigenvalue weighted by atomic mass is 16.5. The first kappa shape index (κ1) is 12.2. The van der Waals surface area contributed by atoms with Crippen LogP contribution in [0.25, 0.3) is 0 Å². The average Bonchev–Trinajstić information content (AvgIpc) is 2.18. The molecule has 1 rings (SSSR count). The minimum absolute atomic E-state index is 0.234. The predicted molar refractivity (Wildman–Crippen MR) is 60.6 cm³/mol. The highest BCUT2D eigenvalue weighted by Crippen LogP contribution is 2.14. The summed E-state index contributed by atoms with van der Waals surface area (Å²) in [6.07, 6.45) is 6.03. The van der Waals surface area contributed by atoms with E-state index < -0.39 is 0 Å². The molecule has 0 amide bonds. The van der Waals surface area contributed by atoms with Crippen molar-refractivity contribution in [3.05, 3.63) is 12.2 Å². The smallest absolute Gasteiger partial charge is 0.330 e. The van der Waals surface area contributed by atoms with E-state index in [0.717, 1.165) is 25.6 Å². The van der Waals surface area contributed by atoms with Crippen LogP contribution in [0, 0.1) is 5.92 Å². The van der Waals surface area contributed by atoms with Crippen molar-refractivity contribution in [3.63, 3.8) is 0 Å². The third-order valence-electron chi connectivity index (χ3n) is 2.65. The SMILES string of the molecule is CCOC(=O)/C=C/CN1CCCC(C)C1. The molecule has 0 spiro atoms. The topological polar surface area (TPSA) is 29.5 Å². The third-order valence-corrected chi connectivity index (χ3v) is 2.65. The Morgan fingerprint density at radius 1 is 1.60 bits per heavy atom. The van der Waals surface area contributed by atoms with Crippen molar-refractivity contribution in [1.82, 2.24) is 4.90 Å². The molecule has 0 aromatic rings. The van der Waals surface area contributed by atoms with E-state index >= 15 is 0 Å². The van der Waals surface area contributed by atoms with E-state index in [1.807, 2.05) is 13.0 Å². The molecule has 3 nitrogen and oxygen atoms in total. The Morgan fingerprint density at radius 2 is 2.40 bits per heavy atom. The number of rotatable bonds is 4. The molecule has 0 radical (unpaired) electrons. The van der Waals surface area contributed by atoms with Gasteiger partial charge in [-0.05, 0) is 32.2 Å². The second-order valence-electron chi connectivity index (χ2n) is 4.16. The molecule has 0 saturated carbocycles. The van der Waals surface area contributed by atoms with Crippen LogP contribution in [-0.4, -0.2) is 37.1 Å². The summed E-state index contributed by atoms with van der Waals surface area (Å²) in [7, 11) is 0. The van der Waals surface area contributed by atoms with Crippen LogP contribution < -0.4 is 0 Å². The van der Waals surface area contributed by atoms with Crippen LogP contribution in [0.2, 0.25) is 0 Å². The summed E-state index contributed by atoms with van der Waals surface area (Å²) in [6, 6.07) is 0. The van der Waals surface area contributed by atoms with Gasteiger partial charge in [0.1, 0.15) is 0 Å². The molecule has 86 valence electrons. The van der Waals surface area contributed by atoms with Crippen molar-refractivity contribution in [3.8, 4) is 0 Å². The Labute approximate surface area is 92.1 Å². The zero-order valence-corrected chi connectivity index (χ0v) is 9.74. The number of nitrogens with zero attached hydrogens (tertiary/aromatic N) is 1. The van der Waals surface area contributed by atoms with Crippen LogP contribution in [0.15, 0.2) is 12.2 Å². The monoisotopic (exact) mass is 211 g/mol. The Morgan fingerprint density at radius 3 is 3.07 bits per heavy atom. The zero-order chi connectivity index (χ0) is 11.1. The fourth-order valence-electron chi connectivity index (χ4n) is 1.94. The molecule has 0 bridgehead atoms. The van der Waals surface area contributed by atoms with Gasteiger partial charge >= 0.3 is 5.97 Å². The summed E-state index contributed by atoms with van der Waals surface area (Å²) in [6.45, 7) is 7.71. The van der Waals surface area contributed by atoms with E-state index in [9.17, 15) is 4.79 Å². The van der Waals surface area contributed by atoms with Crippen LogP contribution in [-0.2, 0) is 9.53 Å². The number of carbonyl (C=O) groups is 1. The third kappa shape index (κ3) is 4.98. The predicted octanol–water partition coefficient (Wildman–Crippen LogP) is 1.84. The molecule has 1 aliphatic heterocycles. The van der Waals surface area contributed by atoms with Crippen molar-refractivity contribution < 1.29 is 9.53 Å². The van der Waals surface area contributed by atoms with Gasteiger partial charge in [0.05, 0.1) is 6.61 Å². The second-order valence-corrected chi connectivity index (χ2v) is 4.16. The Hall–Kier alpha value is -0.830. The van der Waals surface area contributed by atoms with E-state index in [4.69, 9.17) is 4.74 Å². The molecule has 15 heavy (non-hydrogen) atoms. The Balaban J connectivity index is 2.20. The maximum Gasteiger partial charge on any atom is 0.330 e. The van der Waals surface area contributed by atoms with E-state index in [-0.39, 0.29) is 5.97 Å². The molecule has 0 N–H and O–H groups in total. The quantitative estimate of drug-likeness (QED) is 0.525. The lowest BCUT2D eigenvalue weighted by molar-refractivity contribution is -0.137. The van der Waals surface area contributed by atoms with Crippen molar-refractivity contribution in [1.29, 1.82) is 0 Å². The van der Waals surface area contributed by atoms with Crippen LogP contribution in [0.5, 0.6) is 0 Å². The molecule has 1 aliphatic rings. The summed E-state index contributed by atoms with van der Waals surface area (Å²) in [4.78, 5) is 13.4. The second kappa shape index (κ2) is 6.62. The number of likely N-dealkylation sites (tertiary alicyclic amines) is 1. The lowest BCUT2D eigenvalue weighted by Crippen LogP contribution is -2.34. The highest BCUT2D eigenvalue weighted by molar-refractivity contribution is 5.81. The van der Waals surface area contributed by atoms with Crippen LogP contribution in [0.1, 0.15) is 26.7 Å². The van der Waals surface area contributed by atoms with Crippen LogP contribution in [0.3, 0.4) is 0 Å². The summed E-state index contributed by atoms with van der Waals surface area (Å²) in [5, 5.41) is 0. The first-order chi connectivity index (χ1) is 7.22. The van der Waals surface area contributed by atoms with Gasteiger partial charge in [0, 0.05) is 19.2 Å². The van der Waals surface area contributed by atoms with E-state index in [1.165, 1.54) is 18.9 Å². The summed E-state index contributed by atoms with van der Waals surface area (Å²) in [5.74, 6) is 0.553. The van der Waals surface area contributed by atoms with E-state index in [1.54, 1.807) is 0 Å². The number of hydrogen-bond acceptors (Lipinski definition) is 3. The Kier molecular flexibility index (Phi) is 5.40. The van der Waals surface area contributed by atoms with Crippen molar-refractivity contribution in [2.24, 2.45) is 5.92 Å². The molecule has 1 saturated heterocycles. The maximum atomic E-state index is 11.0. The number of hydrogen-bond donors (Lipinski definition) is 0. The van der Waals surface area contributed by atoms with Crippen LogP contribution in [0.4, 0.5) is 0 Å². The standard InChI is InChI=1S/C12H21NO2/c1-3-15-12(14)7-5-9-13-8-4-6-11(2)10-13/h5,7,11H,3-4,6,8-10H2,1-2H3/b7-5+. The zero-order valence-electron chi connectivity index (χ0n) is 9.74. The molecule has 1 atom stereocenters. The number of ether oxygens (including phenoxy) is 1. The van der Waals surface area contributed by atoms with Crippen molar-refractivity contribution in [2.45, 2.75) is 26.7 Å². The minimum Gasteiger partial charge on any atom is -0.463 e. The average molecular weight is 211 g/mol. The molecule has 0 aromatic heterocycles. The van der Waals surface area contributed by atoms with Gasteiger partial charge in [-0.25, -0.2) is 4.79 Å². The fraction of sp³-hybridized carbons (Fsp3) is 0.750. The lowest BCUT2D eigenvalue weighted by atomic mass is 10.0. The molecular formula is C12H21NO2. The van der Waals surface area contributed by atoms with Crippen molar-refractivity contribution >= 4 is 5.97 Å². The molecule has 1 fully saturated rings. The van der Waals surface area contributed by atoms with Gasteiger partial charge in [0.25, 0.3) is 0 Å². The largest absolute Gasteiger partial charge is 0.463 e. The maximum absolute atomic E-state index is 11.0. The minimum atomic E-state index is -0.234. The van der Waals surface area contributed by atoms with Gasteiger partial charge in [0.2, 0.25) is 0 Å². The van der Waals surface area contributed by atoms with Gasteiger partial charge < -0.3 is 4.74 Å². The van der Waals surface area contributed by atoms with Crippen molar-refractivity contribution in [2.75, 3.05) is 26.2 Å². The lowest BCUT2D eigenvalue weighted by Gasteiger charge is -2.29. The molecule has 0 aliphatic carbocycles. The Bertz CT molecular complexity index is 226. The number of piperidine rings is 1. The van der Waals surface area contributed by atoms with E-state index in [0.29, 0.717) is 6.61 Å². The number of carbonyl (C=O) groups excluding carboxylic acids is 1. The summed E-state index contributed by atoms with van der Waals surface area (Å²) < 4.78 is 4.81.